The molecule has 0 saturated carbocycles. The highest BCUT2D eigenvalue weighted by Crippen LogP contribution is 2.61. The van der Waals surface area contributed by atoms with Gasteiger partial charge in [0.05, 0.1) is 37.9 Å². The molecule has 0 aliphatic heterocycles. The monoisotopic (exact) mass is 524 g/mol. The molecule has 0 aromatic carbocycles. The largest absolute Gasteiger partial charge is 0.756 e. The lowest BCUT2D eigenvalue weighted by atomic mass is 10.1. The zero-order valence-corrected chi connectivity index (χ0v) is 25.9. The molecule has 0 bridgehead atoms. The highest BCUT2D eigenvalue weighted by Gasteiger charge is 2.34. The Labute approximate surface area is 215 Å². The molecule has 0 radical (unpaired) electrons. The van der Waals surface area contributed by atoms with Crippen LogP contribution in [0.3, 0.4) is 0 Å². The maximum Gasteiger partial charge on any atom is 0.267 e. The Hall–Kier alpha value is 0.540. The van der Waals surface area contributed by atoms with E-state index in [1.165, 1.54) is 77.0 Å². The number of hydrogen-bond donors (Lipinski definition) is 0. The van der Waals surface area contributed by atoms with Gasteiger partial charge < -0.3 is 13.9 Å². The van der Waals surface area contributed by atoms with Gasteiger partial charge in [0, 0.05) is 7.26 Å². The second-order valence-corrected chi connectivity index (χ2v) is 15.8. The van der Waals surface area contributed by atoms with Gasteiger partial charge in [-0.15, -0.1) is 0 Å². The molecule has 0 N–H and O–H groups in total. The van der Waals surface area contributed by atoms with E-state index in [2.05, 4.69) is 36.7 Å². The molecular formula is C28H62O4P2. The van der Waals surface area contributed by atoms with E-state index in [0.29, 0.717) is 0 Å². The number of unbranched alkanes of at least 4 members (excludes halogenated alkanes) is 10. The molecule has 208 valence electrons. The molecule has 6 heteroatoms. The van der Waals surface area contributed by atoms with Crippen LogP contribution >= 0.6 is 15.1 Å². The lowest BCUT2D eigenvalue weighted by molar-refractivity contribution is -0.225. The minimum absolute atomic E-state index is 0.226. The quantitative estimate of drug-likeness (QED) is 0.0931. The van der Waals surface area contributed by atoms with E-state index in [9.17, 15) is 9.46 Å². The van der Waals surface area contributed by atoms with Gasteiger partial charge in [-0.05, 0) is 44.9 Å². The first-order valence-corrected chi connectivity index (χ1v) is 18.8. The molecule has 0 aliphatic rings. The normalized spacial score (nSPS) is 12.0. The average molecular weight is 525 g/mol. The summed E-state index contributed by atoms with van der Waals surface area (Å²) in [5.41, 5.74) is 0. The molecule has 0 aromatic rings. The fourth-order valence-corrected chi connectivity index (χ4v) is 10.0. The van der Waals surface area contributed by atoms with Crippen molar-refractivity contribution in [3.8, 4) is 0 Å². The Kier molecular flexibility index (Phi) is 28.7. The third kappa shape index (κ3) is 24.2. The first kappa shape index (κ1) is 36.7. The third-order valence-corrected chi connectivity index (χ3v) is 12.5. The Morgan fingerprint density at radius 3 is 1.21 bits per heavy atom. The summed E-state index contributed by atoms with van der Waals surface area (Å²) >= 11 is 0. The zero-order valence-electron chi connectivity index (χ0n) is 24.1. The van der Waals surface area contributed by atoms with Crippen molar-refractivity contribution in [2.75, 3.05) is 37.9 Å². The van der Waals surface area contributed by atoms with Gasteiger partial charge in [0.15, 0.2) is 0 Å². The first-order valence-electron chi connectivity index (χ1n) is 14.8. The third-order valence-electron chi connectivity index (χ3n) is 6.44. The number of rotatable bonds is 24. The summed E-state index contributed by atoms with van der Waals surface area (Å²) < 4.78 is 20.2. The van der Waals surface area contributed by atoms with Gasteiger partial charge in [-0.3, -0.25) is 4.57 Å². The summed E-state index contributed by atoms with van der Waals surface area (Å²) in [5, 5.41) is 0. The highest BCUT2D eigenvalue weighted by atomic mass is 31.2. The molecule has 0 heterocycles. The van der Waals surface area contributed by atoms with Crippen LogP contribution in [0, 0.1) is 0 Å². The summed E-state index contributed by atoms with van der Waals surface area (Å²) in [6.07, 6.45) is 27.3. The van der Waals surface area contributed by atoms with Crippen molar-refractivity contribution in [1.29, 1.82) is 0 Å². The van der Waals surface area contributed by atoms with Gasteiger partial charge in [0.1, 0.15) is 0 Å². The molecule has 4 nitrogen and oxygen atoms in total. The second-order valence-electron chi connectivity index (χ2n) is 9.89. The SMILES string of the molecule is CCCCCCCC[P+](CCCC)(CCCC)CCCC.CCCCOP(=O)([O-])OCCCC. The highest BCUT2D eigenvalue weighted by molar-refractivity contribution is 7.75. The molecule has 0 aliphatic carbocycles. The van der Waals surface area contributed by atoms with E-state index in [1.807, 2.05) is 13.8 Å². The minimum Gasteiger partial charge on any atom is -0.756 e. The van der Waals surface area contributed by atoms with Gasteiger partial charge in [0.2, 0.25) is 0 Å². The first-order chi connectivity index (χ1) is 16.4. The van der Waals surface area contributed by atoms with E-state index in [-0.39, 0.29) is 13.2 Å². The van der Waals surface area contributed by atoms with Crippen LogP contribution in [0.25, 0.3) is 0 Å². The number of hydrogen-bond acceptors (Lipinski definition) is 4. The average Bonchev–Trinajstić information content (AvgIpc) is 2.82. The number of phosphoric acid groups is 1. The summed E-state index contributed by atoms with van der Waals surface area (Å²) in [5.74, 6) is 0. The lowest BCUT2D eigenvalue weighted by Gasteiger charge is -2.28. The van der Waals surface area contributed by atoms with Gasteiger partial charge in [-0.2, -0.15) is 0 Å². The molecule has 0 saturated heterocycles. The van der Waals surface area contributed by atoms with E-state index >= 15 is 0 Å². The fourth-order valence-electron chi connectivity index (χ4n) is 4.06. The molecule has 34 heavy (non-hydrogen) atoms. The van der Waals surface area contributed by atoms with Crippen molar-refractivity contribution in [3.63, 3.8) is 0 Å². The summed E-state index contributed by atoms with van der Waals surface area (Å²) in [7, 11) is -4.60. The Morgan fingerprint density at radius 2 is 0.824 bits per heavy atom. The van der Waals surface area contributed by atoms with Gasteiger partial charge in [-0.1, -0.05) is 99.3 Å². The molecule has 0 fully saturated rings. The van der Waals surface area contributed by atoms with Crippen molar-refractivity contribution < 1.29 is 18.5 Å². The molecule has 0 amide bonds. The van der Waals surface area contributed by atoms with E-state index in [0.717, 1.165) is 25.7 Å². The Morgan fingerprint density at radius 1 is 0.500 bits per heavy atom. The lowest BCUT2D eigenvalue weighted by Crippen LogP contribution is -2.13. The van der Waals surface area contributed by atoms with Gasteiger partial charge in [-0.25, -0.2) is 0 Å². The van der Waals surface area contributed by atoms with Crippen molar-refractivity contribution in [1.82, 2.24) is 0 Å². The summed E-state index contributed by atoms with van der Waals surface area (Å²) in [6.45, 7) is 13.8. The fraction of sp³-hybridized carbons (Fsp3) is 1.00. The van der Waals surface area contributed by atoms with E-state index in [1.54, 1.807) is 24.6 Å². The van der Waals surface area contributed by atoms with Gasteiger partial charge >= 0.3 is 0 Å². The smallest absolute Gasteiger partial charge is 0.267 e. The molecule has 0 unspecified atom stereocenters. The summed E-state index contributed by atoms with van der Waals surface area (Å²) in [4.78, 5) is 11.0. The zero-order chi connectivity index (χ0) is 26.0. The van der Waals surface area contributed by atoms with Crippen molar-refractivity contribution in [2.24, 2.45) is 0 Å². The topological polar surface area (TPSA) is 58.6 Å². The molecule has 0 rings (SSSR count). The van der Waals surface area contributed by atoms with E-state index < -0.39 is 15.1 Å². The van der Waals surface area contributed by atoms with Crippen LogP contribution in [0.5, 0.6) is 0 Å². The van der Waals surface area contributed by atoms with Crippen LogP contribution in [0.1, 0.15) is 144 Å². The predicted molar refractivity (Wildman–Crippen MR) is 154 cm³/mol. The molecule has 0 atom stereocenters. The molecule has 0 spiro atoms. The van der Waals surface area contributed by atoms with Crippen LogP contribution < -0.4 is 4.89 Å². The van der Waals surface area contributed by atoms with Crippen LogP contribution in [-0.2, 0) is 13.6 Å². The molecule has 0 aromatic heterocycles. The standard InChI is InChI=1S/C20H44P.C8H19O4P/c1-5-9-13-14-15-16-20-21(17-10-6-2,18-11-7-3)19-12-8-4;1-3-5-7-11-13(9,10)12-8-6-4-2/h5-20H2,1-4H3;3-8H2,1-2H3,(H,9,10)/q+1;/p-1. The van der Waals surface area contributed by atoms with E-state index in [4.69, 9.17) is 0 Å². The molecular weight excluding hydrogens is 462 g/mol. The van der Waals surface area contributed by atoms with Crippen LogP contribution in [0.15, 0.2) is 0 Å². The second kappa shape index (κ2) is 26.6. The summed E-state index contributed by atoms with van der Waals surface area (Å²) in [6, 6.07) is 0. The van der Waals surface area contributed by atoms with Crippen molar-refractivity contribution >= 4 is 15.1 Å². The predicted octanol–water partition coefficient (Wildman–Crippen LogP) is 9.85. The Bertz CT molecular complexity index is 410. The maximum absolute atomic E-state index is 11.0. The van der Waals surface area contributed by atoms with Crippen molar-refractivity contribution in [3.05, 3.63) is 0 Å². The Balaban J connectivity index is 0. The van der Waals surface area contributed by atoms with Crippen LogP contribution in [0.2, 0.25) is 0 Å². The number of phosphoric ester groups is 1. The van der Waals surface area contributed by atoms with Crippen molar-refractivity contribution in [2.45, 2.75) is 144 Å². The maximum atomic E-state index is 11.0. The minimum atomic E-state index is -4.00. The van der Waals surface area contributed by atoms with Crippen LogP contribution in [0.4, 0.5) is 0 Å². The van der Waals surface area contributed by atoms with Crippen LogP contribution in [-0.4, -0.2) is 37.9 Å². The van der Waals surface area contributed by atoms with Gasteiger partial charge in [0.25, 0.3) is 7.82 Å².